The van der Waals surface area contributed by atoms with Crippen LogP contribution in [0.5, 0.6) is 0 Å². The predicted octanol–water partition coefficient (Wildman–Crippen LogP) is 2.11. The van der Waals surface area contributed by atoms with Gasteiger partial charge >= 0.3 is 6.09 Å². The second kappa shape index (κ2) is 6.63. The Labute approximate surface area is 156 Å². The number of amides is 2. The Morgan fingerprint density at radius 3 is 2.42 bits per heavy atom. The average Bonchev–Trinajstić information content (AvgIpc) is 3.05. The number of piperidine rings is 2. The van der Waals surface area contributed by atoms with Gasteiger partial charge in [-0.2, -0.15) is 0 Å². The highest BCUT2D eigenvalue weighted by molar-refractivity contribution is 14.1. The zero-order valence-corrected chi connectivity index (χ0v) is 16.2. The normalized spacial score (nSPS) is 35.3. The number of likely N-dealkylation sites (tertiary alicyclic amines) is 1. The molecule has 134 valence electrons. The van der Waals surface area contributed by atoms with Gasteiger partial charge in [0.05, 0.1) is 0 Å². The van der Waals surface area contributed by atoms with Gasteiger partial charge < -0.3 is 19.9 Å². The third-order valence-electron chi connectivity index (χ3n) is 6.67. The first-order valence-electron chi connectivity index (χ1n) is 9.12. The SMILES string of the molecule is O=C1CC2(CCN(C3C[C@H]4CC[C@@H](C3)N4C(=O)OCI)CC2)CN1. The summed E-state index contributed by atoms with van der Waals surface area (Å²) in [5.41, 5.74) is 0.220. The van der Waals surface area contributed by atoms with E-state index in [1.165, 1.54) is 0 Å². The molecule has 1 N–H and O–H groups in total. The van der Waals surface area contributed by atoms with Crippen LogP contribution in [0.2, 0.25) is 0 Å². The maximum absolute atomic E-state index is 12.2. The number of rotatable bonds is 2. The first-order chi connectivity index (χ1) is 11.6. The lowest BCUT2D eigenvalue weighted by atomic mass is 9.77. The summed E-state index contributed by atoms with van der Waals surface area (Å²) in [5, 5.41) is 3.01. The van der Waals surface area contributed by atoms with E-state index in [1.807, 2.05) is 4.90 Å². The van der Waals surface area contributed by atoms with Crippen molar-refractivity contribution in [3.05, 3.63) is 0 Å². The minimum absolute atomic E-state index is 0.122. The van der Waals surface area contributed by atoms with Crippen LogP contribution < -0.4 is 5.32 Å². The number of hydrogen-bond acceptors (Lipinski definition) is 4. The van der Waals surface area contributed by atoms with Gasteiger partial charge in [-0.1, -0.05) is 0 Å². The van der Waals surface area contributed by atoms with Gasteiger partial charge in [-0.15, -0.1) is 0 Å². The number of alkyl halides is 1. The standard InChI is InChI=1S/C17H26IN3O3/c18-11-24-16(23)21-12-1-2-13(21)8-14(7-12)20-5-3-17(4-6-20)9-15(22)19-10-17/h12-14H,1-11H2,(H,19,22)/t12-,13+,14?. The Morgan fingerprint density at radius 1 is 1.21 bits per heavy atom. The van der Waals surface area contributed by atoms with E-state index in [-0.39, 0.29) is 17.4 Å². The second-order valence-corrected chi connectivity index (χ2v) is 8.55. The summed E-state index contributed by atoms with van der Waals surface area (Å²) in [6.07, 6.45) is 7.24. The Hall–Kier alpha value is -0.570. The summed E-state index contributed by atoms with van der Waals surface area (Å²) in [6.45, 7) is 3.06. The lowest BCUT2D eigenvalue weighted by molar-refractivity contribution is -0.119. The van der Waals surface area contributed by atoms with Crippen molar-refractivity contribution in [3.8, 4) is 0 Å². The van der Waals surface area contributed by atoms with Gasteiger partial charge in [-0.25, -0.2) is 4.79 Å². The molecule has 1 spiro atoms. The Kier molecular flexibility index (Phi) is 4.66. The molecule has 4 heterocycles. The van der Waals surface area contributed by atoms with Crippen LogP contribution in [0.25, 0.3) is 0 Å². The highest BCUT2D eigenvalue weighted by atomic mass is 127. The van der Waals surface area contributed by atoms with E-state index in [4.69, 9.17) is 4.74 Å². The first-order valence-corrected chi connectivity index (χ1v) is 10.6. The van der Waals surface area contributed by atoms with Gasteiger partial charge in [-0.05, 0) is 79.6 Å². The lowest BCUT2D eigenvalue weighted by Crippen LogP contribution is -2.54. The van der Waals surface area contributed by atoms with Gasteiger partial charge in [0.15, 0.2) is 0 Å². The molecule has 6 nitrogen and oxygen atoms in total. The number of nitrogens with zero attached hydrogens (tertiary/aromatic N) is 2. The van der Waals surface area contributed by atoms with Gasteiger partial charge in [0, 0.05) is 31.1 Å². The molecule has 1 unspecified atom stereocenters. The fourth-order valence-electron chi connectivity index (χ4n) is 5.33. The molecule has 7 heteroatoms. The smallest absolute Gasteiger partial charge is 0.411 e. The van der Waals surface area contributed by atoms with Crippen molar-refractivity contribution in [3.63, 3.8) is 0 Å². The van der Waals surface area contributed by atoms with Crippen molar-refractivity contribution in [1.82, 2.24) is 15.1 Å². The van der Waals surface area contributed by atoms with Crippen molar-refractivity contribution < 1.29 is 14.3 Å². The van der Waals surface area contributed by atoms with E-state index < -0.39 is 0 Å². The van der Waals surface area contributed by atoms with Crippen LogP contribution in [0.3, 0.4) is 0 Å². The third-order valence-corrected chi connectivity index (χ3v) is 6.98. The van der Waals surface area contributed by atoms with E-state index in [9.17, 15) is 9.59 Å². The topological polar surface area (TPSA) is 61.9 Å². The maximum atomic E-state index is 12.2. The fourth-order valence-corrected chi connectivity index (χ4v) is 5.60. The summed E-state index contributed by atoms with van der Waals surface area (Å²) < 4.78 is 5.66. The largest absolute Gasteiger partial charge is 0.439 e. The molecule has 0 radical (unpaired) electrons. The minimum Gasteiger partial charge on any atom is -0.439 e. The molecule has 4 rings (SSSR count). The minimum atomic E-state index is -0.122. The van der Waals surface area contributed by atoms with Crippen LogP contribution in [0, 0.1) is 5.41 Å². The van der Waals surface area contributed by atoms with Crippen molar-refractivity contribution in [2.45, 2.75) is 63.1 Å². The summed E-state index contributed by atoms with van der Waals surface area (Å²) in [7, 11) is 0. The molecule has 2 bridgehead atoms. The number of carbonyl (C=O) groups is 2. The van der Waals surface area contributed by atoms with Crippen molar-refractivity contribution in [2.24, 2.45) is 5.41 Å². The number of nitrogens with one attached hydrogen (secondary N) is 1. The van der Waals surface area contributed by atoms with Crippen LogP contribution >= 0.6 is 22.6 Å². The average molecular weight is 447 g/mol. The summed E-state index contributed by atoms with van der Waals surface area (Å²) in [6, 6.07) is 1.30. The molecular formula is C17H26IN3O3. The van der Waals surface area contributed by atoms with Gasteiger partial charge in [0.1, 0.15) is 4.61 Å². The Morgan fingerprint density at radius 2 is 1.88 bits per heavy atom. The molecule has 3 atom stereocenters. The molecule has 4 saturated heterocycles. The van der Waals surface area contributed by atoms with Crippen molar-refractivity contribution >= 4 is 34.6 Å². The van der Waals surface area contributed by atoms with E-state index in [2.05, 4.69) is 32.8 Å². The van der Waals surface area contributed by atoms with Crippen LogP contribution in [0.15, 0.2) is 0 Å². The van der Waals surface area contributed by atoms with Crippen LogP contribution in [-0.4, -0.2) is 64.2 Å². The first kappa shape index (κ1) is 16.9. The number of halogens is 1. The predicted molar refractivity (Wildman–Crippen MR) is 97.9 cm³/mol. The number of fused-ring (bicyclic) bond motifs is 2. The zero-order valence-electron chi connectivity index (χ0n) is 14.0. The Bertz CT molecular complexity index is 507. The van der Waals surface area contributed by atoms with Gasteiger partial charge in [0.2, 0.25) is 5.91 Å². The summed E-state index contributed by atoms with van der Waals surface area (Å²) >= 11 is 2.08. The zero-order chi connectivity index (χ0) is 16.7. The number of ether oxygens (including phenoxy) is 1. The molecule has 2 amide bonds. The van der Waals surface area contributed by atoms with Gasteiger partial charge in [-0.3, -0.25) is 4.79 Å². The third kappa shape index (κ3) is 3.02. The number of hydrogen-bond donors (Lipinski definition) is 1. The van der Waals surface area contributed by atoms with Crippen molar-refractivity contribution in [2.75, 3.05) is 24.2 Å². The van der Waals surface area contributed by atoms with Crippen LogP contribution in [0.1, 0.15) is 44.9 Å². The monoisotopic (exact) mass is 447 g/mol. The molecule has 4 aliphatic heterocycles. The fraction of sp³-hybridized carbons (Fsp3) is 0.882. The molecule has 0 aromatic carbocycles. The highest BCUT2D eigenvalue weighted by Gasteiger charge is 2.47. The lowest BCUT2D eigenvalue weighted by Gasteiger charge is -2.46. The molecule has 0 aromatic rings. The highest BCUT2D eigenvalue weighted by Crippen LogP contribution is 2.42. The molecule has 0 saturated carbocycles. The summed E-state index contributed by atoms with van der Waals surface area (Å²) in [4.78, 5) is 28.4. The van der Waals surface area contributed by atoms with Crippen LogP contribution in [0.4, 0.5) is 4.79 Å². The number of carbonyl (C=O) groups excluding carboxylic acids is 2. The summed E-state index contributed by atoms with van der Waals surface area (Å²) in [5.74, 6) is 0.226. The van der Waals surface area contributed by atoms with Crippen LogP contribution in [-0.2, 0) is 9.53 Å². The van der Waals surface area contributed by atoms with Gasteiger partial charge in [0.25, 0.3) is 0 Å². The quantitative estimate of drug-likeness (QED) is 0.521. The van der Waals surface area contributed by atoms with Crippen molar-refractivity contribution in [1.29, 1.82) is 0 Å². The Balaban J connectivity index is 1.35. The molecule has 4 fully saturated rings. The molecule has 0 aliphatic carbocycles. The van der Waals surface area contributed by atoms with E-state index in [0.29, 0.717) is 29.2 Å². The molecule has 24 heavy (non-hydrogen) atoms. The molecule has 0 aromatic heterocycles. The van der Waals surface area contributed by atoms with E-state index in [0.717, 1.165) is 58.2 Å². The molecular weight excluding hydrogens is 421 g/mol. The van der Waals surface area contributed by atoms with E-state index in [1.54, 1.807) is 0 Å². The molecule has 4 aliphatic rings. The maximum Gasteiger partial charge on any atom is 0.411 e. The second-order valence-electron chi connectivity index (χ2n) is 7.93. The van der Waals surface area contributed by atoms with E-state index >= 15 is 0 Å².